The van der Waals surface area contributed by atoms with Crippen molar-refractivity contribution in [3.8, 4) is 0 Å². The van der Waals surface area contributed by atoms with Crippen LogP contribution in [0.15, 0.2) is 18.2 Å². The van der Waals surface area contributed by atoms with E-state index in [0.717, 1.165) is 24.7 Å². The first kappa shape index (κ1) is 8.63. The molecule has 2 rings (SSSR count). The summed E-state index contributed by atoms with van der Waals surface area (Å²) >= 11 is 0. The molecular formula is C10H11F2N. The normalized spacial score (nSPS) is 17.1. The second-order valence-corrected chi connectivity index (χ2v) is 3.41. The lowest BCUT2D eigenvalue weighted by molar-refractivity contribution is 0.172. The summed E-state index contributed by atoms with van der Waals surface area (Å²) in [7, 11) is 0. The van der Waals surface area contributed by atoms with E-state index in [1.165, 1.54) is 18.6 Å². The Hall–Kier alpha value is -0.960. The number of likely N-dealkylation sites (tertiary alicyclic amines) is 1. The van der Waals surface area contributed by atoms with Crippen molar-refractivity contribution in [2.24, 2.45) is 0 Å². The van der Waals surface area contributed by atoms with Gasteiger partial charge in [-0.25, -0.2) is 8.78 Å². The highest BCUT2D eigenvalue weighted by molar-refractivity contribution is 5.17. The Morgan fingerprint density at radius 3 is 2.15 bits per heavy atom. The van der Waals surface area contributed by atoms with Crippen LogP contribution >= 0.6 is 0 Å². The van der Waals surface area contributed by atoms with Gasteiger partial charge in [-0.1, -0.05) is 0 Å². The number of nitrogens with zero attached hydrogens (tertiary/aromatic N) is 1. The fourth-order valence-electron chi connectivity index (χ4n) is 1.50. The van der Waals surface area contributed by atoms with E-state index < -0.39 is 11.6 Å². The first-order valence-electron chi connectivity index (χ1n) is 4.41. The standard InChI is InChI=1S/C10H11F2N/c11-9-4-8(5-10(12)6-9)7-13-2-1-3-13/h4-6H,1-3,7H2. The minimum absolute atomic E-state index is 0.490. The molecule has 1 aliphatic rings. The Balaban J connectivity index is 2.10. The SMILES string of the molecule is Fc1cc(F)cc(CN2CCC2)c1. The fourth-order valence-corrected chi connectivity index (χ4v) is 1.50. The summed E-state index contributed by atoms with van der Waals surface area (Å²) in [6, 6.07) is 3.68. The second kappa shape index (κ2) is 3.42. The topological polar surface area (TPSA) is 3.24 Å². The molecule has 0 spiro atoms. The summed E-state index contributed by atoms with van der Waals surface area (Å²) in [5, 5.41) is 0. The summed E-state index contributed by atoms with van der Waals surface area (Å²) in [5.41, 5.74) is 0.720. The zero-order valence-corrected chi connectivity index (χ0v) is 7.26. The predicted octanol–water partition coefficient (Wildman–Crippen LogP) is 2.17. The number of hydrogen-bond donors (Lipinski definition) is 0. The molecule has 1 fully saturated rings. The maximum atomic E-state index is 12.7. The van der Waals surface area contributed by atoms with Gasteiger partial charge in [-0.05, 0) is 37.2 Å². The van der Waals surface area contributed by atoms with E-state index in [1.54, 1.807) is 0 Å². The molecule has 13 heavy (non-hydrogen) atoms. The van der Waals surface area contributed by atoms with E-state index in [-0.39, 0.29) is 0 Å². The van der Waals surface area contributed by atoms with Crippen molar-refractivity contribution in [3.05, 3.63) is 35.4 Å². The molecule has 0 amide bonds. The van der Waals surface area contributed by atoms with Crippen molar-refractivity contribution < 1.29 is 8.78 Å². The number of hydrogen-bond acceptors (Lipinski definition) is 1. The Morgan fingerprint density at radius 1 is 1.08 bits per heavy atom. The average Bonchev–Trinajstić information content (AvgIpc) is 1.95. The van der Waals surface area contributed by atoms with Crippen LogP contribution in [0.3, 0.4) is 0 Å². The Morgan fingerprint density at radius 2 is 1.69 bits per heavy atom. The zero-order chi connectivity index (χ0) is 9.26. The van der Waals surface area contributed by atoms with Crippen molar-refractivity contribution in [2.45, 2.75) is 13.0 Å². The van der Waals surface area contributed by atoms with Gasteiger partial charge in [-0.15, -0.1) is 0 Å². The quantitative estimate of drug-likeness (QED) is 0.679. The van der Waals surface area contributed by atoms with Crippen LogP contribution in [0.25, 0.3) is 0 Å². The van der Waals surface area contributed by atoms with Crippen LogP contribution in [0.1, 0.15) is 12.0 Å². The van der Waals surface area contributed by atoms with E-state index in [1.807, 2.05) is 0 Å². The molecule has 0 bridgehead atoms. The van der Waals surface area contributed by atoms with E-state index in [4.69, 9.17) is 0 Å². The maximum absolute atomic E-state index is 12.7. The van der Waals surface area contributed by atoms with Crippen LogP contribution in [0.4, 0.5) is 8.78 Å². The third-order valence-electron chi connectivity index (χ3n) is 2.28. The van der Waals surface area contributed by atoms with Gasteiger partial charge in [0.15, 0.2) is 0 Å². The number of benzene rings is 1. The number of rotatable bonds is 2. The monoisotopic (exact) mass is 183 g/mol. The van der Waals surface area contributed by atoms with Crippen LogP contribution in [0, 0.1) is 11.6 Å². The van der Waals surface area contributed by atoms with E-state index in [9.17, 15) is 8.78 Å². The number of halogens is 2. The van der Waals surface area contributed by atoms with Gasteiger partial charge in [-0.3, -0.25) is 4.90 Å². The molecular weight excluding hydrogens is 172 g/mol. The van der Waals surface area contributed by atoms with Gasteiger partial charge >= 0.3 is 0 Å². The lowest BCUT2D eigenvalue weighted by Crippen LogP contribution is -2.36. The first-order chi connectivity index (χ1) is 6.24. The minimum atomic E-state index is -0.490. The molecule has 0 unspecified atom stereocenters. The van der Waals surface area contributed by atoms with Crippen LogP contribution in [0.5, 0.6) is 0 Å². The third-order valence-corrected chi connectivity index (χ3v) is 2.28. The summed E-state index contributed by atoms with van der Waals surface area (Å²) in [4.78, 5) is 2.16. The maximum Gasteiger partial charge on any atom is 0.126 e. The molecule has 1 aromatic rings. The van der Waals surface area contributed by atoms with Gasteiger partial charge < -0.3 is 0 Å². The molecule has 0 aliphatic carbocycles. The Labute approximate surface area is 76.0 Å². The van der Waals surface area contributed by atoms with Gasteiger partial charge in [0.05, 0.1) is 0 Å². The minimum Gasteiger partial charge on any atom is -0.299 e. The van der Waals surface area contributed by atoms with E-state index >= 15 is 0 Å². The smallest absolute Gasteiger partial charge is 0.126 e. The molecule has 1 nitrogen and oxygen atoms in total. The van der Waals surface area contributed by atoms with Crippen molar-refractivity contribution >= 4 is 0 Å². The molecule has 0 saturated carbocycles. The summed E-state index contributed by atoms with van der Waals surface area (Å²) in [5.74, 6) is -0.981. The molecule has 1 heterocycles. The van der Waals surface area contributed by atoms with E-state index in [0.29, 0.717) is 6.54 Å². The highest BCUT2D eigenvalue weighted by Crippen LogP contribution is 2.14. The Kier molecular flexibility index (Phi) is 2.27. The van der Waals surface area contributed by atoms with Gasteiger partial charge in [0.2, 0.25) is 0 Å². The molecule has 1 saturated heterocycles. The van der Waals surface area contributed by atoms with Crippen LogP contribution in [-0.4, -0.2) is 18.0 Å². The third kappa shape index (κ3) is 2.04. The van der Waals surface area contributed by atoms with Gasteiger partial charge in [0, 0.05) is 12.6 Å². The van der Waals surface area contributed by atoms with Crippen molar-refractivity contribution in [1.82, 2.24) is 4.90 Å². The van der Waals surface area contributed by atoms with Crippen LogP contribution in [0.2, 0.25) is 0 Å². The van der Waals surface area contributed by atoms with Crippen molar-refractivity contribution in [2.75, 3.05) is 13.1 Å². The van der Waals surface area contributed by atoms with Gasteiger partial charge in [0.25, 0.3) is 0 Å². The first-order valence-corrected chi connectivity index (χ1v) is 4.41. The van der Waals surface area contributed by atoms with Crippen LogP contribution in [-0.2, 0) is 6.54 Å². The van der Waals surface area contributed by atoms with Crippen LogP contribution < -0.4 is 0 Å². The molecule has 0 radical (unpaired) electrons. The largest absolute Gasteiger partial charge is 0.299 e. The Bertz CT molecular complexity index is 288. The molecule has 1 aliphatic heterocycles. The summed E-state index contributed by atoms with van der Waals surface area (Å²) in [6.07, 6.45) is 1.19. The predicted molar refractivity (Wildman–Crippen MR) is 46.3 cm³/mol. The summed E-state index contributed by atoms with van der Waals surface area (Å²) < 4.78 is 25.5. The zero-order valence-electron chi connectivity index (χ0n) is 7.26. The lowest BCUT2D eigenvalue weighted by Gasteiger charge is -2.30. The molecule has 70 valence electrons. The summed E-state index contributed by atoms with van der Waals surface area (Å²) in [6.45, 7) is 2.74. The second-order valence-electron chi connectivity index (χ2n) is 3.41. The molecule has 3 heteroatoms. The highest BCUT2D eigenvalue weighted by atomic mass is 19.1. The molecule has 1 aromatic carbocycles. The van der Waals surface area contributed by atoms with Crippen molar-refractivity contribution in [1.29, 1.82) is 0 Å². The van der Waals surface area contributed by atoms with E-state index in [2.05, 4.69) is 4.90 Å². The fraction of sp³-hybridized carbons (Fsp3) is 0.400. The van der Waals surface area contributed by atoms with Gasteiger partial charge in [-0.2, -0.15) is 0 Å². The molecule has 0 atom stereocenters. The van der Waals surface area contributed by atoms with Gasteiger partial charge in [0.1, 0.15) is 11.6 Å². The highest BCUT2D eigenvalue weighted by Gasteiger charge is 2.14. The lowest BCUT2D eigenvalue weighted by atomic mass is 10.1. The average molecular weight is 183 g/mol. The molecule has 0 N–H and O–H groups in total. The molecule has 0 aromatic heterocycles. The van der Waals surface area contributed by atoms with Crippen molar-refractivity contribution in [3.63, 3.8) is 0 Å².